The standard InChI is InChI=1S/C22H29N7.C2H6/c1-18-5-3-6-19(15-18)22(28(2)21-8-9-25-17-26-21)27-20(16-23)7-4-12-29-13-10-24-11-14-29;1-2/h3-9,15-17,24H,10-14,23H2,1-2H3;1-2H3/b7-4-,20-16+,27-22?;. The number of allylic oxidation sites excluding steroid dienone is 1. The largest absolute Gasteiger partial charge is 0.403 e. The van der Waals surface area contributed by atoms with Gasteiger partial charge in [0.2, 0.25) is 0 Å². The fourth-order valence-electron chi connectivity index (χ4n) is 3.18. The molecule has 1 aromatic heterocycles. The Morgan fingerprint density at radius 3 is 2.68 bits per heavy atom. The molecule has 31 heavy (non-hydrogen) atoms. The van der Waals surface area contributed by atoms with E-state index in [0.29, 0.717) is 5.70 Å². The molecule has 1 aliphatic heterocycles. The molecule has 0 bridgehead atoms. The van der Waals surface area contributed by atoms with Crippen molar-refractivity contribution in [3.8, 4) is 0 Å². The minimum Gasteiger partial charge on any atom is -0.403 e. The molecule has 0 unspecified atom stereocenters. The van der Waals surface area contributed by atoms with Crippen molar-refractivity contribution in [1.29, 1.82) is 0 Å². The lowest BCUT2D eigenvalue weighted by atomic mass is 10.1. The summed E-state index contributed by atoms with van der Waals surface area (Å²) in [5, 5.41) is 3.37. The van der Waals surface area contributed by atoms with Gasteiger partial charge in [-0.05, 0) is 25.1 Å². The van der Waals surface area contributed by atoms with Crippen molar-refractivity contribution in [3.05, 3.63) is 78.0 Å². The molecule has 1 saturated heterocycles. The van der Waals surface area contributed by atoms with Crippen molar-refractivity contribution in [2.24, 2.45) is 10.7 Å². The molecule has 1 fully saturated rings. The Labute approximate surface area is 186 Å². The van der Waals surface area contributed by atoms with Gasteiger partial charge in [0.25, 0.3) is 0 Å². The summed E-state index contributed by atoms with van der Waals surface area (Å²) in [6, 6.07) is 10.1. The Morgan fingerprint density at radius 2 is 2.03 bits per heavy atom. The number of nitrogens with two attached hydrogens (primary N) is 1. The summed E-state index contributed by atoms with van der Waals surface area (Å²) in [6.07, 6.45) is 8.89. The summed E-state index contributed by atoms with van der Waals surface area (Å²) in [4.78, 5) is 17.6. The summed E-state index contributed by atoms with van der Waals surface area (Å²) < 4.78 is 0. The quantitative estimate of drug-likeness (QED) is 0.424. The zero-order chi connectivity index (χ0) is 22.5. The van der Waals surface area contributed by atoms with Gasteiger partial charge in [0, 0.05) is 57.7 Å². The minimum atomic E-state index is 0.706. The van der Waals surface area contributed by atoms with E-state index in [1.54, 1.807) is 6.20 Å². The third kappa shape index (κ3) is 7.62. The van der Waals surface area contributed by atoms with Gasteiger partial charge >= 0.3 is 0 Å². The summed E-state index contributed by atoms with van der Waals surface area (Å²) in [5.41, 5.74) is 8.77. The maximum absolute atomic E-state index is 5.90. The molecule has 1 aromatic carbocycles. The molecule has 2 aromatic rings. The average Bonchev–Trinajstić information content (AvgIpc) is 2.83. The Morgan fingerprint density at radius 1 is 1.26 bits per heavy atom. The highest BCUT2D eigenvalue weighted by Gasteiger charge is 2.13. The third-order valence-electron chi connectivity index (χ3n) is 4.77. The summed E-state index contributed by atoms with van der Waals surface area (Å²) in [7, 11) is 1.95. The third-order valence-corrected chi connectivity index (χ3v) is 4.77. The first-order valence-electron chi connectivity index (χ1n) is 10.8. The predicted octanol–water partition coefficient (Wildman–Crippen LogP) is 2.96. The van der Waals surface area contributed by atoms with E-state index >= 15 is 0 Å². The van der Waals surface area contributed by atoms with E-state index in [2.05, 4.69) is 45.3 Å². The van der Waals surface area contributed by atoms with Crippen molar-refractivity contribution >= 4 is 11.7 Å². The SMILES string of the molecule is CC.Cc1cccc(C(=NC(/C=C\CN2CCNCC2)=C/N)N(C)c2ccncn2)c1. The van der Waals surface area contributed by atoms with E-state index < -0.39 is 0 Å². The Balaban J connectivity index is 0.00000166. The maximum Gasteiger partial charge on any atom is 0.141 e. The first-order chi connectivity index (χ1) is 15.2. The molecule has 7 nitrogen and oxygen atoms in total. The van der Waals surface area contributed by atoms with Crippen LogP contribution in [-0.2, 0) is 0 Å². The first kappa shape index (κ1) is 24.2. The molecular weight excluding hydrogens is 386 g/mol. The normalized spacial score (nSPS) is 15.5. The molecule has 0 amide bonds. The summed E-state index contributed by atoms with van der Waals surface area (Å²) in [5.74, 6) is 1.54. The van der Waals surface area contributed by atoms with E-state index in [4.69, 9.17) is 10.7 Å². The highest BCUT2D eigenvalue weighted by Crippen LogP contribution is 2.16. The Hall–Kier alpha value is -3.03. The van der Waals surface area contributed by atoms with Crippen LogP contribution in [0.3, 0.4) is 0 Å². The summed E-state index contributed by atoms with van der Waals surface area (Å²) >= 11 is 0. The second-order valence-electron chi connectivity index (χ2n) is 6.98. The molecule has 3 N–H and O–H groups in total. The van der Waals surface area contributed by atoms with Gasteiger partial charge in [-0.3, -0.25) is 4.90 Å². The number of nitrogens with zero attached hydrogens (tertiary/aromatic N) is 5. The second-order valence-corrected chi connectivity index (χ2v) is 6.98. The molecule has 0 atom stereocenters. The highest BCUT2D eigenvalue weighted by molar-refractivity contribution is 6.09. The van der Waals surface area contributed by atoms with Crippen LogP contribution in [0.5, 0.6) is 0 Å². The Bertz CT molecular complexity index is 869. The lowest BCUT2D eigenvalue weighted by Crippen LogP contribution is -2.43. The van der Waals surface area contributed by atoms with E-state index in [0.717, 1.165) is 49.9 Å². The molecule has 0 aliphatic carbocycles. The summed E-state index contributed by atoms with van der Waals surface area (Å²) in [6.45, 7) is 11.1. The number of anilines is 1. The van der Waals surface area contributed by atoms with Crippen molar-refractivity contribution in [3.63, 3.8) is 0 Å². The number of benzene rings is 1. The molecule has 166 valence electrons. The van der Waals surface area contributed by atoms with Gasteiger partial charge in [-0.2, -0.15) is 0 Å². The number of aliphatic imine (C=N–C) groups is 1. The highest BCUT2D eigenvalue weighted by atomic mass is 15.2. The molecule has 1 aliphatic rings. The topological polar surface area (TPSA) is 82.7 Å². The van der Waals surface area contributed by atoms with Crippen LogP contribution in [0.4, 0.5) is 5.82 Å². The monoisotopic (exact) mass is 421 g/mol. The van der Waals surface area contributed by atoms with E-state index in [-0.39, 0.29) is 0 Å². The predicted molar refractivity (Wildman–Crippen MR) is 130 cm³/mol. The van der Waals surface area contributed by atoms with Gasteiger partial charge in [-0.1, -0.05) is 43.7 Å². The fraction of sp³-hybridized carbons (Fsp3) is 0.375. The van der Waals surface area contributed by atoms with Crippen LogP contribution in [0.1, 0.15) is 25.0 Å². The molecular formula is C24H35N7. The smallest absolute Gasteiger partial charge is 0.141 e. The molecule has 0 saturated carbocycles. The fourth-order valence-corrected chi connectivity index (χ4v) is 3.18. The number of aromatic nitrogens is 2. The molecule has 7 heteroatoms. The first-order valence-corrected chi connectivity index (χ1v) is 10.8. The zero-order valence-corrected chi connectivity index (χ0v) is 19.1. The van der Waals surface area contributed by atoms with E-state index in [1.165, 1.54) is 18.1 Å². The lowest BCUT2D eigenvalue weighted by molar-refractivity contribution is 0.265. The van der Waals surface area contributed by atoms with E-state index in [1.807, 2.05) is 50.1 Å². The Kier molecular flexibility index (Phi) is 10.4. The van der Waals surface area contributed by atoms with Gasteiger partial charge in [-0.25, -0.2) is 15.0 Å². The number of rotatable bonds is 6. The van der Waals surface area contributed by atoms with Crippen LogP contribution in [0.2, 0.25) is 0 Å². The van der Waals surface area contributed by atoms with Crippen LogP contribution >= 0.6 is 0 Å². The molecule has 0 spiro atoms. The van der Waals surface area contributed by atoms with Crippen molar-refractivity contribution in [2.75, 3.05) is 44.7 Å². The van der Waals surface area contributed by atoms with Crippen LogP contribution in [0, 0.1) is 6.92 Å². The lowest BCUT2D eigenvalue weighted by Gasteiger charge is -2.25. The van der Waals surface area contributed by atoms with E-state index in [9.17, 15) is 0 Å². The molecule has 0 radical (unpaired) electrons. The average molecular weight is 422 g/mol. The van der Waals surface area contributed by atoms with Gasteiger partial charge in [-0.15, -0.1) is 0 Å². The van der Waals surface area contributed by atoms with Crippen LogP contribution in [0.15, 0.2) is 71.9 Å². The molecule has 2 heterocycles. The number of hydrogen-bond donors (Lipinski definition) is 2. The number of aryl methyl sites for hydroxylation is 1. The molecule has 3 rings (SSSR count). The van der Waals surface area contributed by atoms with Crippen molar-refractivity contribution < 1.29 is 0 Å². The van der Waals surface area contributed by atoms with Crippen molar-refractivity contribution in [1.82, 2.24) is 20.2 Å². The second kappa shape index (κ2) is 13.3. The number of piperazine rings is 1. The van der Waals surface area contributed by atoms with Crippen LogP contribution in [-0.4, -0.2) is 60.5 Å². The zero-order valence-electron chi connectivity index (χ0n) is 19.1. The van der Waals surface area contributed by atoms with Gasteiger partial charge in [0.05, 0.1) is 5.70 Å². The number of hydrogen-bond acceptors (Lipinski definition) is 6. The number of amidine groups is 1. The minimum absolute atomic E-state index is 0.706. The van der Waals surface area contributed by atoms with Gasteiger partial charge in [0.15, 0.2) is 0 Å². The van der Waals surface area contributed by atoms with Crippen molar-refractivity contribution in [2.45, 2.75) is 20.8 Å². The van der Waals surface area contributed by atoms with Crippen LogP contribution < -0.4 is 16.0 Å². The number of nitrogens with one attached hydrogen (secondary N) is 1. The van der Waals surface area contributed by atoms with Gasteiger partial charge in [0.1, 0.15) is 18.0 Å². The van der Waals surface area contributed by atoms with Crippen LogP contribution in [0.25, 0.3) is 0 Å². The van der Waals surface area contributed by atoms with Gasteiger partial charge < -0.3 is 16.0 Å². The maximum atomic E-state index is 5.90.